The minimum atomic E-state index is 0.875. The largest absolute Gasteiger partial charge is 0.456 e. The van der Waals surface area contributed by atoms with Crippen LogP contribution in [0.1, 0.15) is 0 Å². The molecule has 0 saturated heterocycles. The highest BCUT2D eigenvalue weighted by atomic mass is 32.1. The van der Waals surface area contributed by atoms with Crippen molar-refractivity contribution in [3.05, 3.63) is 206 Å². The van der Waals surface area contributed by atoms with Gasteiger partial charge in [-0.3, -0.25) is 0 Å². The average molecular weight is 759 g/mol. The number of nitrogens with zero attached hydrogens (tertiary/aromatic N) is 2. The molecule has 12 rings (SSSR count). The maximum absolute atomic E-state index is 6.40. The Hall–Kier alpha value is -7.40. The minimum absolute atomic E-state index is 0.875. The summed E-state index contributed by atoms with van der Waals surface area (Å²) in [6.45, 7) is 0. The van der Waals surface area contributed by atoms with Crippen LogP contribution in [0.4, 0.5) is 17.1 Å². The highest BCUT2D eigenvalue weighted by Crippen LogP contribution is 2.43. The van der Waals surface area contributed by atoms with Gasteiger partial charge in [-0.1, -0.05) is 121 Å². The number of furan rings is 1. The van der Waals surface area contributed by atoms with E-state index in [0.29, 0.717) is 0 Å². The fraction of sp³-hybridized carbons (Fsp3) is 0. The number of thiophene rings is 1. The molecule has 0 atom stereocenters. The first-order valence-corrected chi connectivity index (χ1v) is 20.5. The van der Waals surface area contributed by atoms with E-state index in [1.807, 2.05) is 23.5 Å². The molecular weight excluding hydrogens is 725 g/mol. The summed E-state index contributed by atoms with van der Waals surface area (Å²) in [7, 11) is 0. The monoisotopic (exact) mass is 758 g/mol. The third-order valence-corrected chi connectivity index (χ3v) is 12.7. The zero-order valence-electron chi connectivity index (χ0n) is 31.3. The van der Waals surface area contributed by atoms with Crippen LogP contribution in [0.2, 0.25) is 0 Å². The molecule has 9 aromatic carbocycles. The van der Waals surface area contributed by atoms with Crippen LogP contribution in [0.15, 0.2) is 211 Å². The van der Waals surface area contributed by atoms with Gasteiger partial charge in [0.1, 0.15) is 11.2 Å². The predicted molar refractivity (Wildman–Crippen MR) is 247 cm³/mol. The van der Waals surface area contributed by atoms with E-state index in [-0.39, 0.29) is 0 Å². The van der Waals surface area contributed by atoms with E-state index in [0.717, 1.165) is 44.6 Å². The molecule has 0 aliphatic carbocycles. The van der Waals surface area contributed by atoms with Gasteiger partial charge >= 0.3 is 0 Å². The van der Waals surface area contributed by atoms with Gasteiger partial charge in [0, 0.05) is 70.4 Å². The van der Waals surface area contributed by atoms with Gasteiger partial charge in [-0.15, -0.1) is 11.3 Å². The van der Waals surface area contributed by atoms with E-state index in [2.05, 4.69) is 204 Å². The molecule has 3 aromatic heterocycles. The maximum Gasteiger partial charge on any atom is 0.137 e. The first-order chi connectivity index (χ1) is 28.7. The van der Waals surface area contributed by atoms with Gasteiger partial charge in [-0.05, 0) is 95.6 Å². The van der Waals surface area contributed by atoms with Crippen LogP contribution in [0, 0.1) is 0 Å². The van der Waals surface area contributed by atoms with Gasteiger partial charge < -0.3 is 13.9 Å². The number of hydrogen-bond acceptors (Lipinski definition) is 3. The van der Waals surface area contributed by atoms with Crippen LogP contribution < -0.4 is 4.90 Å². The second kappa shape index (κ2) is 13.1. The van der Waals surface area contributed by atoms with Crippen LogP contribution in [0.3, 0.4) is 0 Å². The molecule has 3 nitrogen and oxygen atoms in total. The summed E-state index contributed by atoms with van der Waals surface area (Å²) < 4.78 is 11.4. The van der Waals surface area contributed by atoms with Crippen molar-refractivity contribution >= 4 is 92.3 Å². The molecule has 0 saturated carbocycles. The predicted octanol–water partition coefficient (Wildman–Crippen LogP) is 15.9. The van der Waals surface area contributed by atoms with E-state index in [4.69, 9.17) is 4.42 Å². The minimum Gasteiger partial charge on any atom is -0.456 e. The molecule has 0 N–H and O–H groups in total. The summed E-state index contributed by atoms with van der Waals surface area (Å²) in [4.78, 5) is 2.35. The van der Waals surface area contributed by atoms with Crippen molar-refractivity contribution in [1.29, 1.82) is 0 Å². The van der Waals surface area contributed by atoms with E-state index in [9.17, 15) is 0 Å². The van der Waals surface area contributed by atoms with E-state index in [1.165, 1.54) is 64.4 Å². The molecule has 0 fully saturated rings. The third-order valence-electron chi connectivity index (χ3n) is 11.6. The molecule has 58 heavy (non-hydrogen) atoms. The third kappa shape index (κ3) is 5.19. The number of hydrogen-bond donors (Lipinski definition) is 0. The number of aromatic nitrogens is 1. The van der Waals surface area contributed by atoms with Crippen LogP contribution >= 0.6 is 11.3 Å². The normalized spacial score (nSPS) is 11.8. The van der Waals surface area contributed by atoms with Crippen molar-refractivity contribution in [3.63, 3.8) is 0 Å². The van der Waals surface area contributed by atoms with Crippen LogP contribution in [-0.2, 0) is 0 Å². The highest BCUT2D eigenvalue weighted by molar-refractivity contribution is 7.25. The molecule has 0 aliphatic heterocycles. The standard InChI is InChI=1S/C54H34N2OS/c1-6-19-48(56-49-20-7-2-15-42(49)43-16-3-8-21-50(43)56)41(14-1)37-13-11-12-36(32-37)35-24-26-38(27-25-35)55(39-29-31-54-47(33-39)46-18-5-10-23-53(46)58-54)40-28-30-45-44-17-4-9-22-51(44)57-52(45)34-40/h1-34H. The zero-order chi connectivity index (χ0) is 38.2. The second-order valence-corrected chi connectivity index (χ2v) is 16.0. The summed E-state index contributed by atoms with van der Waals surface area (Å²) in [6.07, 6.45) is 0. The van der Waals surface area contributed by atoms with E-state index < -0.39 is 0 Å². The molecule has 0 spiro atoms. The van der Waals surface area contributed by atoms with Crippen molar-refractivity contribution < 1.29 is 4.42 Å². The molecule has 3 heterocycles. The summed E-state index contributed by atoms with van der Waals surface area (Å²) >= 11 is 1.84. The Morgan fingerprint density at radius 1 is 0.362 bits per heavy atom. The Balaban J connectivity index is 0.963. The van der Waals surface area contributed by atoms with E-state index in [1.54, 1.807) is 0 Å². The molecule has 0 amide bonds. The fourth-order valence-electron chi connectivity index (χ4n) is 8.92. The Bertz CT molecular complexity index is 3480. The van der Waals surface area contributed by atoms with Crippen molar-refractivity contribution in [2.24, 2.45) is 0 Å². The lowest BCUT2D eigenvalue weighted by molar-refractivity contribution is 0.669. The number of rotatable bonds is 6. The van der Waals surface area contributed by atoms with Crippen molar-refractivity contribution in [1.82, 2.24) is 4.57 Å². The van der Waals surface area contributed by atoms with Crippen LogP contribution in [-0.4, -0.2) is 4.57 Å². The lowest BCUT2D eigenvalue weighted by Gasteiger charge is -2.26. The van der Waals surface area contributed by atoms with E-state index >= 15 is 0 Å². The summed E-state index contributed by atoms with van der Waals surface area (Å²) in [5, 5.41) is 7.32. The first-order valence-electron chi connectivity index (χ1n) is 19.7. The number of anilines is 3. The van der Waals surface area contributed by atoms with Gasteiger partial charge in [-0.2, -0.15) is 0 Å². The Kier molecular flexibility index (Phi) is 7.40. The maximum atomic E-state index is 6.40. The number of benzene rings is 9. The molecule has 0 radical (unpaired) electrons. The molecule has 0 bridgehead atoms. The SMILES string of the molecule is c1cc(-c2ccc(N(c3ccc4c(c3)oc3ccccc34)c3ccc4sc5ccccc5c4c3)cc2)cc(-c2ccccc2-n2c3ccccc3c3ccccc32)c1. The first kappa shape index (κ1) is 32.8. The molecule has 272 valence electrons. The average Bonchev–Trinajstić information content (AvgIpc) is 3.96. The molecule has 0 unspecified atom stereocenters. The molecule has 4 heteroatoms. The van der Waals surface area contributed by atoms with Gasteiger partial charge in [0.15, 0.2) is 0 Å². The van der Waals surface area contributed by atoms with Crippen LogP contribution in [0.5, 0.6) is 0 Å². The van der Waals surface area contributed by atoms with Crippen LogP contribution in [0.25, 0.3) is 91.9 Å². The lowest BCUT2D eigenvalue weighted by Crippen LogP contribution is -2.09. The second-order valence-electron chi connectivity index (χ2n) is 14.9. The Labute approximate surface area is 338 Å². The van der Waals surface area contributed by atoms with Crippen molar-refractivity contribution in [2.75, 3.05) is 4.90 Å². The van der Waals surface area contributed by atoms with Gasteiger partial charge in [0.2, 0.25) is 0 Å². The highest BCUT2D eigenvalue weighted by Gasteiger charge is 2.19. The Morgan fingerprint density at radius 3 is 1.79 bits per heavy atom. The molecular formula is C54H34N2OS. The number of fused-ring (bicyclic) bond motifs is 9. The Morgan fingerprint density at radius 2 is 0.966 bits per heavy atom. The lowest BCUT2D eigenvalue weighted by atomic mass is 9.97. The molecule has 12 aromatic rings. The van der Waals surface area contributed by atoms with Gasteiger partial charge in [0.25, 0.3) is 0 Å². The summed E-state index contributed by atoms with van der Waals surface area (Å²) in [5.74, 6) is 0. The van der Waals surface area contributed by atoms with Gasteiger partial charge in [-0.25, -0.2) is 0 Å². The van der Waals surface area contributed by atoms with Crippen molar-refractivity contribution in [2.45, 2.75) is 0 Å². The zero-order valence-corrected chi connectivity index (χ0v) is 32.2. The fourth-order valence-corrected chi connectivity index (χ4v) is 10.0. The summed E-state index contributed by atoms with van der Waals surface area (Å²) in [5.41, 5.74) is 13.3. The number of para-hydroxylation sites is 4. The molecule has 0 aliphatic rings. The van der Waals surface area contributed by atoms with Gasteiger partial charge in [0.05, 0.1) is 16.7 Å². The topological polar surface area (TPSA) is 21.3 Å². The summed E-state index contributed by atoms with van der Waals surface area (Å²) in [6, 6.07) is 74.5. The van der Waals surface area contributed by atoms with Crippen molar-refractivity contribution in [3.8, 4) is 27.9 Å². The quantitative estimate of drug-likeness (QED) is 0.168. The smallest absolute Gasteiger partial charge is 0.137 e.